The molecule has 32 heavy (non-hydrogen) atoms. The first-order valence-corrected chi connectivity index (χ1v) is 10.2. The summed E-state index contributed by atoms with van der Waals surface area (Å²) >= 11 is 0. The Morgan fingerprint density at radius 3 is 2.53 bits per heavy atom. The maximum atomic E-state index is 13.2. The molecule has 0 spiro atoms. The number of nitrogens with zero attached hydrogens (tertiary/aromatic N) is 2. The van der Waals surface area contributed by atoms with Crippen molar-refractivity contribution in [3.63, 3.8) is 0 Å². The van der Waals surface area contributed by atoms with Crippen LogP contribution in [0.15, 0.2) is 30.5 Å². The van der Waals surface area contributed by atoms with Gasteiger partial charge in [0.25, 0.3) is 5.91 Å². The van der Waals surface area contributed by atoms with Crippen LogP contribution in [-0.4, -0.2) is 47.0 Å². The molecule has 3 aromatic rings. The van der Waals surface area contributed by atoms with Gasteiger partial charge in [-0.3, -0.25) is 4.79 Å². The predicted molar refractivity (Wildman–Crippen MR) is 117 cm³/mol. The number of benzene rings is 1. The Bertz CT molecular complexity index is 1120. The molecule has 0 aliphatic heterocycles. The topological polar surface area (TPSA) is 98.2 Å². The number of aromatic amines is 1. The van der Waals surface area contributed by atoms with Crippen molar-refractivity contribution in [2.75, 3.05) is 20.3 Å². The van der Waals surface area contributed by atoms with Crippen LogP contribution in [0.1, 0.15) is 56.3 Å². The van der Waals surface area contributed by atoms with Crippen LogP contribution in [0.25, 0.3) is 5.69 Å². The van der Waals surface area contributed by atoms with Gasteiger partial charge in [-0.05, 0) is 57.5 Å². The number of H-pyrrole nitrogens is 1. The normalized spacial score (nSPS) is 11.9. The highest BCUT2D eigenvalue weighted by molar-refractivity contribution is 6.00. The number of hydrogen-bond acceptors (Lipinski definition) is 5. The van der Waals surface area contributed by atoms with Crippen molar-refractivity contribution in [1.82, 2.24) is 20.1 Å². The number of aryl methyl sites for hydroxylation is 1. The van der Waals surface area contributed by atoms with Gasteiger partial charge in [-0.1, -0.05) is 0 Å². The lowest BCUT2D eigenvalue weighted by atomic mass is 10.1. The number of halogens is 1. The lowest BCUT2D eigenvalue weighted by molar-refractivity contribution is 0.0386. The van der Waals surface area contributed by atoms with Crippen molar-refractivity contribution in [2.24, 2.45) is 0 Å². The minimum Gasteiger partial charge on any atom is -0.460 e. The van der Waals surface area contributed by atoms with Crippen molar-refractivity contribution in [3.8, 4) is 5.69 Å². The van der Waals surface area contributed by atoms with Gasteiger partial charge >= 0.3 is 5.97 Å². The van der Waals surface area contributed by atoms with Gasteiger partial charge in [-0.15, -0.1) is 0 Å². The number of amides is 1. The molecule has 0 fully saturated rings. The van der Waals surface area contributed by atoms with Crippen molar-refractivity contribution >= 4 is 11.9 Å². The second kappa shape index (κ2) is 9.78. The molecule has 0 aliphatic carbocycles. The predicted octanol–water partition coefficient (Wildman–Crippen LogP) is 3.56. The van der Waals surface area contributed by atoms with E-state index < -0.39 is 5.97 Å². The third kappa shape index (κ3) is 4.72. The van der Waals surface area contributed by atoms with E-state index in [1.165, 1.54) is 19.2 Å². The Kier molecular flexibility index (Phi) is 7.09. The van der Waals surface area contributed by atoms with Crippen molar-refractivity contribution in [2.45, 2.75) is 33.7 Å². The van der Waals surface area contributed by atoms with Crippen LogP contribution in [0.5, 0.6) is 0 Å². The first-order valence-electron chi connectivity index (χ1n) is 10.2. The first-order chi connectivity index (χ1) is 15.2. The summed E-state index contributed by atoms with van der Waals surface area (Å²) in [5, 5.41) is 7.32. The molecule has 170 valence electrons. The average molecular weight is 442 g/mol. The Morgan fingerprint density at radius 1 is 1.19 bits per heavy atom. The Hall–Kier alpha value is -3.46. The molecular weight excluding hydrogens is 415 g/mol. The second-order valence-corrected chi connectivity index (χ2v) is 7.52. The van der Waals surface area contributed by atoms with Crippen LogP contribution < -0.4 is 5.32 Å². The van der Waals surface area contributed by atoms with Crippen LogP contribution in [0.4, 0.5) is 4.39 Å². The van der Waals surface area contributed by atoms with Gasteiger partial charge in [0.2, 0.25) is 0 Å². The summed E-state index contributed by atoms with van der Waals surface area (Å²) in [6.45, 7) is 7.58. The Balaban J connectivity index is 1.76. The average Bonchev–Trinajstić information content (AvgIpc) is 3.28. The van der Waals surface area contributed by atoms with Gasteiger partial charge in [0, 0.05) is 24.1 Å². The quantitative estimate of drug-likeness (QED) is 0.411. The number of ether oxygens (including phenoxy) is 2. The van der Waals surface area contributed by atoms with Crippen LogP contribution in [0, 0.1) is 26.6 Å². The third-order valence-corrected chi connectivity index (χ3v) is 5.32. The smallest absolute Gasteiger partial charge is 0.340 e. The summed E-state index contributed by atoms with van der Waals surface area (Å²) in [6, 6.07) is 5.67. The number of aromatic nitrogens is 3. The number of esters is 1. The lowest BCUT2D eigenvalue weighted by Gasteiger charge is -2.14. The Labute approximate surface area is 185 Å². The second-order valence-electron chi connectivity index (χ2n) is 7.52. The first kappa shape index (κ1) is 23.2. The molecule has 0 radical (unpaired) electrons. The van der Waals surface area contributed by atoms with Gasteiger partial charge in [0.15, 0.2) is 0 Å². The molecule has 2 N–H and O–H groups in total. The highest BCUT2D eigenvalue weighted by atomic mass is 19.1. The van der Waals surface area contributed by atoms with E-state index in [0.29, 0.717) is 29.1 Å². The van der Waals surface area contributed by atoms with E-state index in [0.717, 1.165) is 16.9 Å². The molecule has 2 heterocycles. The molecule has 0 saturated heterocycles. The Morgan fingerprint density at radius 2 is 1.88 bits per heavy atom. The fourth-order valence-electron chi connectivity index (χ4n) is 3.61. The van der Waals surface area contributed by atoms with E-state index in [4.69, 9.17) is 9.47 Å². The monoisotopic (exact) mass is 442 g/mol. The number of carbonyl (C=O) groups is 2. The summed E-state index contributed by atoms with van der Waals surface area (Å²) in [5.74, 6) is -1.17. The standard InChI is InChI=1S/C23H27FN4O4/c1-13-20(23(30)32-11-10-31-5)15(3)26-21(13)22(29)27-14(2)19-12-25-28(16(19)4)18-8-6-17(24)7-9-18/h6-9,12,14,26H,10-11H2,1-5H3,(H,27,29). The molecule has 0 bridgehead atoms. The molecule has 2 aromatic heterocycles. The van der Waals surface area contributed by atoms with Crippen LogP contribution >= 0.6 is 0 Å². The highest BCUT2D eigenvalue weighted by Gasteiger charge is 2.25. The molecule has 1 amide bonds. The van der Waals surface area contributed by atoms with Gasteiger partial charge in [0.1, 0.15) is 18.1 Å². The minimum absolute atomic E-state index is 0.134. The van der Waals surface area contributed by atoms with Crippen LogP contribution in [0.2, 0.25) is 0 Å². The zero-order chi connectivity index (χ0) is 23.4. The van der Waals surface area contributed by atoms with Crippen molar-refractivity contribution < 1.29 is 23.5 Å². The summed E-state index contributed by atoms with van der Waals surface area (Å²) < 4.78 is 25.0. The molecular formula is C23H27FN4O4. The van der Waals surface area contributed by atoms with E-state index in [-0.39, 0.29) is 24.4 Å². The SMILES string of the molecule is COCCOC(=O)c1c(C)[nH]c(C(=O)NC(C)c2cnn(-c3ccc(F)cc3)c2C)c1C. The number of methoxy groups -OCH3 is 1. The minimum atomic E-state index is -0.503. The zero-order valence-electron chi connectivity index (χ0n) is 18.8. The summed E-state index contributed by atoms with van der Waals surface area (Å²) in [5.41, 5.74) is 4.10. The molecule has 0 saturated carbocycles. The molecule has 3 rings (SSSR count). The van der Waals surface area contributed by atoms with Crippen LogP contribution in [-0.2, 0) is 9.47 Å². The maximum absolute atomic E-state index is 13.2. The fourth-order valence-corrected chi connectivity index (χ4v) is 3.61. The molecule has 1 atom stereocenters. The van der Waals surface area contributed by atoms with E-state index in [9.17, 15) is 14.0 Å². The van der Waals surface area contributed by atoms with Gasteiger partial charge in [-0.2, -0.15) is 5.10 Å². The fraction of sp³-hybridized carbons (Fsp3) is 0.348. The van der Waals surface area contributed by atoms with Gasteiger partial charge in [0.05, 0.1) is 30.1 Å². The lowest BCUT2D eigenvalue weighted by Crippen LogP contribution is -2.28. The molecule has 9 heteroatoms. The van der Waals surface area contributed by atoms with Gasteiger partial charge < -0.3 is 19.8 Å². The summed E-state index contributed by atoms with van der Waals surface area (Å²) in [7, 11) is 1.52. The third-order valence-electron chi connectivity index (χ3n) is 5.32. The number of nitrogens with one attached hydrogen (secondary N) is 2. The molecule has 1 unspecified atom stereocenters. The number of carbonyl (C=O) groups excluding carboxylic acids is 2. The summed E-state index contributed by atoms with van der Waals surface area (Å²) in [4.78, 5) is 28.3. The van der Waals surface area contributed by atoms with E-state index in [2.05, 4.69) is 15.4 Å². The van der Waals surface area contributed by atoms with E-state index >= 15 is 0 Å². The van der Waals surface area contributed by atoms with E-state index in [1.54, 1.807) is 36.9 Å². The zero-order valence-corrected chi connectivity index (χ0v) is 18.8. The van der Waals surface area contributed by atoms with Crippen molar-refractivity contribution in [3.05, 3.63) is 70.1 Å². The largest absolute Gasteiger partial charge is 0.460 e. The number of rotatable bonds is 8. The summed E-state index contributed by atoms with van der Waals surface area (Å²) in [6.07, 6.45) is 1.68. The van der Waals surface area contributed by atoms with Crippen LogP contribution in [0.3, 0.4) is 0 Å². The van der Waals surface area contributed by atoms with Gasteiger partial charge in [-0.25, -0.2) is 13.9 Å². The molecule has 0 aliphatic rings. The van der Waals surface area contributed by atoms with Crippen molar-refractivity contribution in [1.29, 1.82) is 0 Å². The maximum Gasteiger partial charge on any atom is 0.340 e. The number of hydrogen-bond donors (Lipinski definition) is 2. The van der Waals surface area contributed by atoms with E-state index in [1.807, 2.05) is 13.8 Å². The molecule has 1 aromatic carbocycles. The highest BCUT2D eigenvalue weighted by Crippen LogP contribution is 2.23. The molecule has 8 nitrogen and oxygen atoms in total.